The van der Waals surface area contributed by atoms with Gasteiger partial charge < -0.3 is 10.0 Å². The van der Waals surface area contributed by atoms with Gasteiger partial charge >= 0.3 is 5.97 Å². The molecule has 1 aromatic heterocycles. The van der Waals surface area contributed by atoms with Crippen LogP contribution in [0.3, 0.4) is 0 Å². The average Bonchev–Trinajstić information content (AvgIpc) is 2.29. The number of carboxylic acids is 1. The van der Waals surface area contributed by atoms with Crippen molar-refractivity contribution < 1.29 is 9.90 Å². The first-order valence-corrected chi connectivity index (χ1v) is 4.25. The fraction of sp³-hybridized carbons (Fsp3) is 0.222. The lowest BCUT2D eigenvalue weighted by atomic mass is 10.3. The van der Waals surface area contributed by atoms with E-state index < -0.39 is 5.97 Å². The maximum atomic E-state index is 10.5. The van der Waals surface area contributed by atoms with Crippen molar-refractivity contribution in [2.24, 2.45) is 0 Å². The predicted molar refractivity (Wildman–Crippen MR) is 52.4 cm³/mol. The molecule has 0 aliphatic carbocycles. The van der Waals surface area contributed by atoms with Crippen LogP contribution in [0.25, 0.3) is 0 Å². The van der Waals surface area contributed by atoms with Gasteiger partial charge in [0, 0.05) is 0 Å². The molecule has 0 saturated heterocycles. The fourth-order valence-electron chi connectivity index (χ4n) is 0.997. The number of rotatable bonds is 4. The molecule has 0 aliphatic heterocycles. The van der Waals surface area contributed by atoms with Crippen LogP contribution in [0.4, 0.5) is 5.82 Å². The van der Waals surface area contributed by atoms with Gasteiger partial charge in [-0.15, -0.1) is 10.2 Å². The van der Waals surface area contributed by atoms with Gasteiger partial charge in [-0.2, -0.15) is 10.5 Å². The van der Waals surface area contributed by atoms with E-state index in [1.165, 1.54) is 17.0 Å². The molecule has 0 aromatic carbocycles. The molecule has 7 nitrogen and oxygen atoms in total. The van der Waals surface area contributed by atoms with E-state index in [0.29, 0.717) is 5.82 Å². The van der Waals surface area contributed by atoms with Crippen LogP contribution >= 0.6 is 0 Å². The second kappa shape index (κ2) is 5.27. The van der Waals surface area contributed by atoms with E-state index >= 15 is 0 Å². The molecule has 0 fully saturated rings. The number of nitriles is 2. The van der Waals surface area contributed by atoms with Crippen LogP contribution in [0.15, 0.2) is 12.1 Å². The fourth-order valence-corrected chi connectivity index (χ4v) is 0.997. The van der Waals surface area contributed by atoms with Gasteiger partial charge in [0.2, 0.25) is 0 Å². The summed E-state index contributed by atoms with van der Waals surface area (Å²) in [5.74, 6) is -0.876. The Bertz CT molecular complexity index is 440. The van der Waals surface area contributed by atoms with Crippen molar-refractivity contribution >= 4 is 11.8 Å². The Morgan fingerprint density at radius 2 is 1.94 bits per heavy atom. The Kier molecular flexibility index (Phi) is 3.76. The van der Waals surface area contributed by atoms with E-state index in [2.05, 4.69) is 10.2 Å². The number of aromatic nitrogens is 2. The Morgan fingerprint density at radius 1 is 1.31 bits per heavy atom. The van der Waals surface area contributed by atoms with Gasteiger partial charge in [-0.3, -0.25) is 0 Å². The Labute approximate surface area is 91.2 Å². The normalized spacial score (nSPS) is 8.88. The number of aromatic carboxylic acids is 1. The highest BCUT2D eigenvalue weighted by Gasteiger charge is 2.10. The summed E-state index contributed by atoms with van der Waals surface area (Å²) in [6.07, 6.45) is 0. The Hall–Kier alpha value is -2.67. The third kappa shape index (κ3) is 2.66. The number of hydrogen-bond donors (Lipinski definition) is 1. The molecule has 1 heterocycles. The standard InChI is InChI=1S/C9H7N5O2/c10-3-5-14(6-4-11)8-2-1-7(9(15)16)12-13-8/h1-2H,5-6H2,(H,15,16). The summed E-state index contributed by atoms with van der Waals surface area (Å²) in [6, 6.07) is 6.44. The van der Waals surface area contributed by atoms with Gasteiger partial charge in [-0.05, 0) is 12.1 Å². The molecule has 0 radical (unpaired) electrons. The van der Waals surface area contributed by atoms with Gasteiger partial charge in [0.25, 0.3) is 0 Å². The van der Waals surface area contributed by atoms with Crippen LogP contribution < -0.4 is 4.90 Å². The molecular weight excluding hydrogens is 210 g/mol. The minimum Gasteiger partial charge on any atom is -0.476 e. The van der Waals surface area contributed by atoms with Crippen LogP contribution in [0.5, 0.6) is 0 Å². The van der Waals surface area contributed by atoms with Crippen molar-refractivity contribution in [3.8, 4) is 12.1 Å². The lowest BCUT2D eigenvalue weighted by Gasteiger charge is -2.15. The zero-order chi connectivity index (χ0) is 12.0. The zero-order valence-electron chi connectivity index (χ0n) is 8.16. The summed E-state index contributed by atoms with van der Waals surface area (Å²) in [5.41, 5.74) is -0.183. The Balaban J connectivity index is 2.91. The molecule has 16 heavy (non-hydrogen) atoms. The number of nitrogens with zero attached hydrogens (tertiary/aromatic N) is 5. The van der Waals surface area contributed by atoms with Gasteiger partial charge in [-0.25, -0.2) is 4.79 Å². The Morgan fingerprint density at radius 3 is 2.31 bits per heavy atom. The largest absolute Gasteiger partial charge is 0.476 e. The molecule has 0 atom stereocenters. The number of carboxylic acid groups (broad SMARTS) is 1. The molecular formula is C9H7N5O2. The molecule has 0 amide bonds. The summed E-state index contributed by atoms with van der Waals surface area (Å²) in [4.78, 5) is 11.9. The molecule has 1 N–H and O–H groups in total. The lowest BCUT2D eigenvalue weighted by molar-refractivity contribution is 0.0689. The van der Waals surface area contributed by atoms with Crippen molar-refractivity contribution in [2.45, 2.75) is 0 Å². The van der Waals surface area contributed by atoms with E-state index in [-0.39, 0.29) is 18.8 Å². The topological polar surface area (TPSA) is 114 Å². The molecule has 0 spiro atoms. The number of carbonyl (C=O) groups is 1. The molecule has 80 valence electrons. The van der Waals surface area contributed by atoms with Crippen LogP contribution in [-0.2, 0) is 0 Å². The predicted octanol–water partition coefficient (Wildman–Crippen LogP) is 0.0284. The van der Waals surface area contributed by atoms with E-state index in [1.807, 2.05) is 12.1 Å². The first-order valence-electron chi connectivity index (χ1n) is 4.25. The van der Waals surface area contributed by atoms with Crippen LogP contribution in [0.1, 0.15) is 10.5 Å². The van der Waals surface area contributed by atoms with E-state index in [9.17, 15) is 4.79 Å². The second-order valence-electron chi connectivity index (χ2n) is 2.75. The van der Waals surface area contributed by atoms with Crippen LogP contribution in [0, 0.1) is 22.7 Å². The first-order chi connectivity index (χ1) is 7.69. The van der Waals surface area contributed by atoms with Crippen molar-refractivity contribution in [1.82, 2.24) is 10.2 Å². The lowest BCUT2D eigenvalue weighted by Crippen LogP contribution is -2.25. The van der Waals surface area contributed by atoms with Gasteiger partial charge in [-0.1, -0.05) is 0 Å². The van der Waals surface area contributed by atoms with Crippen molar-refractivity contribution in [1.29, 1.82) is 10.5 Å². The summed E-state index contributed by atoms with van der Waals surface area (Å²) < 4.78 is 0. The molecule has 1 aromatic rings. The molecule has 7 heteroatoms. The number of anilines is 1. The van der Waals surface area contributed by atoms with Crippen molar-refractivity contribution in [2.75, 3.05) is 18.0 Å². The highest BCUT2D eigenvalue weighted by atomic mass is 16.4. The second-order valence-corrected chi connectivity index (χ2v) is 2.75. The quantitative estimate of drug-likeness (QED) is 0.707. The zero-order valence-corrected chi connectivity index (χ0v) is 8.16. The molecule has 0 aliphatic rings. The van der Waals surface area contributed by atoms with E-state index in [4.69, 9.17) is 15.6 Å². The molecule has 0 bridgehead atoms. The minimum absolute atomic E-state index is 0.00530. The maximum absolute atomic E-state index is 10.5. The van der Waals surface area contributed by atoms with Gasteiger partial charge in [0.1, 0.15) is 13.1 Å². The molecule has 0 unspecified atom stereocenters. The summed E-state index contributed by atoms with van der Waals surface area (Å²) in [5, 5.41) is 32.7. The van der Waals surface area contributed by atoms with E-state index in [1.54, 1.807) is 0 Å². The third-order valence-corrected chi connectivity index (χ3v) is 1.72. The van der Waals surface area contributed by atoms with Gasteiger partial charge in [0.05, 0.1) is 12.1 Å². The smallest absolute Gasteiger partial charge is 0.356 e. The minimum atomic E-state index is -1.17. The average molecular weight is 217 g/mol. The maximum Gasteiger partial charge on any atom is 0.356 e. The monoisotopic (exact) mass is 217 g/mol. The summed E-state index contributed by atoms with van der Waals surface area (Å²) >= 11 is 0. The summed E-state index contributed by atoms with van der Waals surface area (Å²) in [6.45, 7) is -0.0106. The van der Waals surface area contributed by atoms with Crippen molar-refractivity contribution in [3.05, 3.63) is 17.8 Å². The third-order valence-electron chi connectivity index (χ3n) is 1.72. The van der Waals surface area contributed by atoms with E-state index in [0.717, 1.165) is 0 Å². The SMILES string of the molecule is N#CCN(CC#N)c1ccc(C(=O)O)nn1. The summed E-state index contributed by atoms with van der Waals surface area (Å²) in [7, 11) is 0. The highest BCUT2D eigenvalue weighted by Crippen LogP contribution is 2.08. The van der Waals surface area contributed by atoms with Crippen molar-refractivity contribution in [3.63, 3.8) is 0 Å². The van der Waals surface area contributed by atoms with Crippen LogP contribution in [-0.4, -0.2) is 34.4 Å². The number of hydrogen-bond acceptors (Lipinski definition) is 6. The van der Waals surface area contributed by atoms with Gasteiger partial charge in [0.15, 0.2) is 11.5 Å². The van der Waals surface area contributed by atoms with Crippen LogP contribution in [0.2, 0.25) is 0 Å². The highest BCUT2D eigenvalue weighted by molar-refractivity contribution is 5.85. The first kappa shape index (κ1) is 11.4. The molecule has 0 saturated carbocycles. The molecule has 1 rings (SSSR count).